The van der Waals surface area contributed by atoms with Crippen molar-refractivity contribution in [1.29, 1.82) is 0 Å². The van der Waals surface area contributed by atoms with Crippen LogP contribution in [0.25, 0.3) is 17.0 Å². The monoisotopic (exact) mass is 514 g/mol. The van der Waals surface area contributed by atoms with E-state index in [1.165, 1.54) is 0 Å². The first-order chi connectivity index (χ1) is 17.8. The van der Waals surface area contributed by atoms with Crippen LogP contribution in [0, 0.1) is 17.8 Å². The zero-order chi connectivity index (χ0) is 26.0. The summed E-state index contributed by atoms with van der Waals surface area (Å²) in [6.45, 7) is 3.31. The second-order valence-electron chi connectivity index (χ2n) is 10.1. The van der Waals surface area contributed by atoms with Crippen LogP contribution in [0.2, 0.25) is 0 Å². The molecular formula is C26H30N2O9. The molecule has 3 saturated heterocycles. The molecule has 2 aromatic rings. The van der Waals surface area contributed by atoms with E-state index in [0.29, 0.717) is 6.42 Å². The highest BCUT2D eigenvalue weighted by atomic mass is 16.8. The Morgan fingerprint density at radius 2 is 1.95 bits per heavy atom. The minimum absolute atomic E-state index is 0.159. The van der Waals surface area contributed by atoms with Gasteiger partial charge in [0.1, 0.15) is 36.6 Å². The minimum atomic E-state index is -1.61. The number of carboxylic acid groups (broad SMARTS) is 1. The van der Waals surface area contributed by atoms with Crippen LogP contribution in [0.15, 0.2) is 43.1 Å². The van der Waals surface area contributed by atoms with E-state index in [1.54, 1.807) is 6.08 Å². The van der Waals surface area contributed by atoms with Gasteiger partial charge in [-0.25, -0.2) is 0 Å². The molecule has 3 fully saturated rings. The fourth-order valence-electron chi connectivity index (χ4n) is 6.35. The number of aromatic amines is 1. The van der Waals surface area contributed by atoms with Gasteiger partial charge in [-0.2, -0.15) is 0 Å². The van der Waals surface area contributed by atoms with Crippen molar-refractivity contribution in [2.24, 2.45) is 17.8 Å². The lowest BCUT2D eigenvalue weighted by molar-refractivity contribution is -0.373. The predicted octanol–water partition coefficient (Wildman–Crippen LogP) is 0.517. The molecule has 0 aliphatic carbocycles. The molecule has 4 aliphatic rings. The van der Waals surface area contributed by atoms with Gasteiger partial charge in [0, 0.05) is 34.3 Å². The van der Waals surface area contributed by atoms with Crippen LogP contribution in [0.4, 0.5) is 0 Å². The first-order valence-electron chi connectivity index (χ1n) is 12.4. The summed E-state index contributed by atoms with van der Waals surface area (Å²) in [5, 5.41) is 51.5. The summed E-state index contributed by atoms with van der Waals surface area (Å²) in [6.07, 6.45) is -3.38. The molecule has 4 aliphatic heterocycles. The van der Waals surface area contributed by atoms with Gasteiger partial charge in [-0.05, 0) is 24.5 Å². The fourth-order valence-corrected chi connectivity index (χ4v) is 6.35. The number of rotatable bonds is 5. The summed E-state index contributed by atoms with van der Waals surface area (Å²) in [6, 6.07) is 7.82. The largest absolute Gasteiger partial charge is 0.481 e. The number of carbonyl (C=O) groups is 1. The van der Waals surface area contributed by atoms with Crippen molar-refractivity contribution >= 4 is 22.9 Å². The van der Waals surface area contributed by atoms with Crippen LogP contribution in [0.1, 0.15) is 23.7 Å². The maximum Gasteiger partial charge on any atom is 0.311 e. The Kier molecular flexibility index (Phi) is 6.11. The van der Waals surface area contributed by atoms with E-state index in [2.05, 4.69) is 11.6 Å². The molecule has 37 heavy (non-hydrogen) atoms. The lowest BCUT2D eigenvalue weighted by Crippen LogP contribution is -2.64. The molecule has 2 bridgehead atoms. The Balaban J connectivity index is 1.33. The Hall–Kier alpha value is -2.77. The van der Waals surface area contributed by atoms with E-state index >= 15 is 0 Å². The Morgan fingerprint density at radius 3 is 2.68 bits per heavy atom. The standard InChI is InChI=1S/C26H30N2O9/c1-2-11-14-9-16-19-13(12-5-3-4-6-15(12)27-19)7-8-28(16)23(18(14)24(33)34)36-25(11)37-26-22(32)21(31)20(30)17(10-29)35-26/h2-8,11,14,16-18,20-23,25-27,29-32H,1,9-10H2,(H,33,34)/t11-,14+,16?,17-,18+,20-,21+,22-,23-,25+,26+/m1/s1. The predicted molar refractivity (Wildman–Crippen MR) is 128 cm³/mol. The number of aliphatic hydroxyl groups excluding tert-OH is 4. The molecule has 0 saturated carbocycles. The summed E-state index contributed by atoms with van der Waals surface area (Å²) < 4.78 is 17.7. The van der Waals surface area contributed by atoms with Gasteiger partial charge in [0.25, 0.3) is 0 Å². The van der Waals surface area contributed by atoms with Gasteiger partial charge >= 0.3 is 5.97 Å². The Morgan fingerprint density at radius 1 is 1.16 bits per heavy atom. The number of benzene rings is 1. The molecule has 0 spiro atoms. The molecule has 198 valence electrons. The number of aliphatic hydroxyl groups is 4. The number of fused-ring (bicyclic) bond motifs is 8. The molecule has 6 N–H and O–H groups in total. The fraction of sp³-hybridized carbons (Fsp3) is 0.500. The average molecular weight is 515 g/mol. The van der Waals surface area contributed by atoms with E-state index in [1.807, 2.05) is 41.4 Å². The van der Waals surface area contributed by atoms with Crippen molar-refractivity contribution in [2.45, 2.75) is 55.7 Å². The molecule has 11 atom stereocenters. The third kappa shape index (κ3) is 3.73. The number of piperidine rings is 1. The van der Waals surface area contributed by atoms with E-state index < -0.39 is 73.6 Å². The van der Waals surface area contributed by atoms with E-state index in [4.69, 9.17) is 14.2 Å². The maximum absolute atomic E-state index is 12.4. The van der Waals surface area contributed by atoms with Crippen molar-refractivity contribution in [1.82, 2.24) is 9.88 Å². The first kappa shape index (κ1) is 24.6. The van der Waals surface area contributed by atoms with Crippen molar-refractivity contribution in [3.63, 3.8) is 0 Å². The van der Waals surface area contributed by atoms with Crippen LogP contribution >= 0.6 is 0 Å². The number of nitrogens with one attached hydrogen (secondary N) is 1. The SMILES string of the molecule is C=C[C@H]1[C@H](O[C@@H]2O[C@H](CO)[C@@H](O)[C@H](O)[C@H]2O)O[C@@H]2[C@@H](C(=O)O)[C@H]1CC1c3[nH]c4ccccc4c3C=CN12. The maximum atomic E-state index is 12.4. The van der Waals surface area contributed by atoms with Crippen molar-refractivity contribution in [2.75, 3.05) is 6.61 Å². The highest BCUT2D eigenvalue weighted by Crippen LogP contribution is 2.52. The number of para-hydroxylation sites is 1. The third-order valence-electron chi connectivity index (χ3n) is 8.20. The molecule has 6 rings (SSSR count). The summed E-state index contributed by atoms with van der Waals surface area (Å²) in [7, 11) is 0. The number of hydrogen-bond donors (Lipinski definition) is 6. The van der Waals surface area contributed by atoms with Crippen molar-refractivity contribution in [3.8, 4) is 0 Å². The van der Waals surface area contributed by atoms with E-state index in [9.17, 15) is 30.3 Å². The number of H-pyrrole nitrogens is 1. The Labute approximate surface area is 212 Å². The zero-order valence-corrected chi connectivity index (χ0v) is 19.8. The second-order valence-corrected chi connectivity index (χ2v) is 10.1. The smallest absolute Gasteiger partial charge is 0.311 e. The van der Waals surface area contributed by atoms with Crippen LogP contribution < -0.4 is 0 Å². The van der Waals surface area contributed by atoms with Gasteiger partial charge in [0.15, 0.2) is 12.6 Å². The topological polar surface area (TPSA) is 165 Å². The number of hydrogen-bond acceptors (Lipinski definition) is 9. The summed E-state index contributed by atoms with van der Waals surface area (Å²) in [5.74, 6) is -2.87. The second kappa shape index (κ2) is 9.21. The highest BCUT2D eigenvalue weighted by molar-refractivity contribution is 5.91. The lowest BCUT2D eigenvalue weighted by Gasteiger charge is -2.56. The van der Waals surface area contributed by atoms with E-state index in [0.717, 1.165) is 22.2 Å². The summed E-state index contributed by atoms with van der Waals surface area (Å²) >= 11 is 0. The molecule has 0 amide bonds. The molecule has 1 aromatic carbocycles. The molecular weight excluding hydrogens is 484 g/mol. The number of ether oxygens (including phenoxy) is 3. The molecule has 5 heterocycles. The lowest BCUT2D eigenvalue weighted by atomic mass is 9.69. The molecule has 1 aromatic heterocycles. The Bertz CT molecular complexity index is 1230. The van der Waals surface area contributed by atoms with Crippen LogP contribution in [0.5, 0.6) is 0 Å². The summed E-state index contributed by atoms with van der Waals surface area (Å²) in [4.78, 5) is 17.8. The quantitative estimate of drug-likeness (QED) is 0.310. The molecule has 11 nitrogen and oxygen atoms in total. The summed E-state index contributed by atoms with van der Waals surface area (Å²) in [5.41, 5.74) is 3.05. The normalized spacial score (nSPS) is 40.8. The van der Waals surface area contributed by atoms with Crippen LogP contribution in [0.3, 0.4) is 0 Å². The molecule has 1 unspecified atom stereocenters. The molecule has 0 radical (unpaired) electrons. The van der Waals surface area contributed by atoms with Gasteiger partial charge in [0.05, 0.1) is 12.6 Å². The van der Waals surface area contributed by atoms with Gasteiger partial charge in [-0.15, -0.1) is 6.58 Å². The highest BCUT2D eigenvalue weighted by Gasteiger charge is 2.57. The zero-order valence-electron chi connectivity index (χ0n) is 19.8. The van der Waals surface area contributed by atoms with Crippen LogP contribution in [-0.4, -0.2) is 91.2 Å². The minimum Gasteiger partial charge on any atom is -0.481 e. The number of aromatic nitrogens is 1. The van der Waals surface area contributed by atoms with Crippen molar-refractivity contribution < 1.29 is 44.5 Å². The average Bonchev–Trinajstić information content (AvgIpc) is 3.28. The van der Waals surface area contributed by atoms with Crippen LogP contribution in [-0.2, 0) is 19.0 Å². The first-order valence-corrected chi connectivity index (χ1v) is 12.4. The number of carboxylic acids is 1. The third-order valence-corrected chi connectivity index (χ3v) is 8.20. The van der Waals surface area contributed by atoms with Gasteiger partial charge < -0.3 is 49.6 Å². The van der Waals surface area contributed by atoms with Gasteiger partial charge in [-0.1, -0.05) is 24.3 Å². The number of aliphatic carboxylic acids is 1. The van der Waals surface area contributed by atoms with Gasteiger partial charge in [-0.3, -0.25) is 4.79 Å². The molecule has 11 heteroatoms. The number of nitrogens with zero attached hydrogens (tertiary/aromatic N) is 1. The van der Waals surface area contributed by atoms with Gasteiger partial charge in [0.2, 0.25) is 0 Å². The van der Waals surface area contributed by atoms with E-state index in [-0.39, 0.29) is 6.04 Å². The van der Waals surface area contributed by atoms with Crippen molar-refractivity contribution in [3.05, 3.63) is 54.4 Å².